The van der Waals surface area contributed by atoms with E-state index in [9.17, 15) is 9.59 Å². The number of hydrogen-bond donors (Lipinski definition) is 1. The Hall–Kier alpha value is -1.92. The van der Waals surface area contributed by atoms with Gasteiger partial charge in [0.2, 0.25) is 5.91 Å². The highest BCUT2D eigenvalue weighted by molar-refractivity contribution is 5.98. The van der Waals surface area contributed by atoms with Gasteiger partial charge in [-0.1, -0.05) is 0 Å². The van der Waals surface area contributed by atoms with Gasteiger partial charge in [-0.05, 0) is 36.6 Å². The average molecular weight is 318 g/mol. The molecule has 2 aliphatic heterocycles. The van der Waals surface area contributed by atoms with Crippen molar-refractivity contribution in [1.29, 1.82) is 0 Å². The van der Waals surface area contributed by atoms with Crippen molar-refractivity contribution in [1.82, 2.24) is 4.90 Å². The summed E-state index contributed by atoms with van der Waals surface area (Å²) in [6.45, 7) is 1.09. The SMILES string of the molecule is COC[C@@H]1C[C@H](OC)CN1C(=O)c1ccc2c(c1)CCC(=O)N2. The summed E-state index contributed by atoms with van der Waals surface area (Å²) in [4.78, 5) is 26.1. The van der Waals surface area contributed by atoms with E-state index in [1.807, 2.05) is 17.0 Å². The fourth-order valence-electron chi connectivity index (χ4n) is 3.33. The van der Waals surface area contributed by atoms with Gasteiger partial charge in [0.05, 0.1) is 18.8 Å². The molecule has 2 heterocycles. The van der Waals surface area contributed by atoms with Gasteiger partial charge in [0, 0.05) is 38.4 Å². The van der Waals surface area contributed by atoms with E-state index in [4.69, 9.17) is 9.47 Å². The number of carbonyl (C=O) groups is 2. The lowest BCUT2D eigenvalue weighted by Gasteiger charge is -2.25. The predicted molar refractivity (Wildman–Crippen MR) is 85.5 cm³/mol. The number of ether oxygens (including phenoxy) is 2. The van der Waals surface area contributed by atoms with Crippen LogP contribution < -0.4 is 5.32 Å². The molecular formula is C17H22N2O4. The lowest BCUT2D eigenvalue weighted by Crippen LogP contribution is -2.38. The van der Waals surface area contributed by atoms with Crippen LogP contribution in [0.25, 0.3) is 0 Å². The molecule has 23 heavy (non-hydrogen) atoms. The standard InChI is InChI=1S/C17H22N2O4/c1-22-10-13-8-14(23-2)9-19(13)17(21)12-3-5-15-11(7-12)4-6-16(20)18-15/h3,5,7,13-14H,4,6,8-10H2,1-2H3,(H,18,20)/t13-,14-/m0/s1. The molecule has 124 valence electrons. The molecular weight excluding hydrogens is 296 g/mol. The molecule has 0 spiro atoms. The Morgan fingerprint density at radius 1 is 1.35 bits per heavy atom. The van der Waals surface area contributed by atoms with Gasteiger partial charge in [-0.2, -0.15) is 0 Å². The fourth-order valence-corrected chi connectivity index (χ4v) is 3.33. The minimum absolute atomic E-state index is 0.00806. The van der Waals surface area contributed by atoms with Crippen molar-refractivity contribution in [3.63, 3.8) is 0 Å². The number of benzene rings is 1. The highest BCUT2D eigenvalue weighted by atomic mass is 16.5. The molecule has 1 N–H and O–H groups in total. The van der Waals surface area contributed by atoms with Gasteiger partial charge >= 0.3 is 0 Å². The Balaban J connectivity index is 1.80. The first-order chi connectivity index (χ1) is 11.1. The second-order valence-corrected chi connectivity index (χ2v) is 6.08. The molecule has 0 aliphatic carbocycles. The van der Waals surface area contributed by atoms with E-state index in [0.717, 1.165) is 17.7 Å². The molecule has 1 saturated heterocycles. The van der Waals surface area contributed by atoms with Crippen LogP contribution in [0.4, 0.5) is 5.69 Å². The lowest BCUT2D eigenvalue weighted by atomic mass is 10.00. The second-order valence-electron chi connectivity index (χ2n) is 6.08. The van der Waals surface area contributed by atoms with Crippen molar-refractivity contribution in [3.05, 3.63) is 29.3 Å². The van der Waals surface area contributed by atoms with E-state index >= 15 is 0 Å². The quantitative estimate of drug-likeness (QED) is 0.912. The van der Waals surface area contributed by atoms with E-state index in [2.05, 4.69) is 5.32 Å². The Morgan fingerprint density at radius 2 is 2.17 bits per heavy atom. The topological polar surface area (TPSA) is 67.9 Å². The van der Waals surface area contributed by atoms with Gasteiger partial charge in [-0.25, -0.2) is 0 Å². The van der Waals surface area contributed by atoms with Gasteiger partial charge in [0.25, 0.3) is 5.91 Å². The molecule has 0 bridgehead atoms. The molecule has 1 fully saturated rings. The van der Waals surface area contributed by atoms with Crippen LogP contribution >= 0.6 is 0 Å². The molecule has 0 unspecified atom stereocenters. The predicted octanol–water partition coefficient (Wildman–Crippen LogP) is 1.45. The van der Waals surface area contributed by atoms with Crippen molar-refractivity contribution in [3.8, 4) is 0 Å². The smallest absolute Gasteiger partial charge is 0.254 e. The molecule has 1 aromatic carbocycles. The third-order valence-electron chi connectivity index (χ3n) is 4.58. The molecule has 0 aromatic heterocycles. The monoisotopic (exact) mass is 318 g/mol. The van der Waals surface area contributed by atoms with E-state index in [1.165, 1.54) is 0 Å². The van der Waals surface area contributed by atoms with Crippen molar-refractivity contribution >= 4 is 17.5 Å². The van der Waals surface area contributed by atoms with Gasteiger partial charge in [0.1, 0.15) is 0 Å². The maximum absolute atomic E-state index is 12.9. The minimum Gasteiger partial charge on any atom is -0.383 e. The second kappa shape index (κ2) is 6.68. The summed E-state index contributed by atoms with van der Waals surface area (Å²) in [5.41, 5.74) is 2.47. The van der Waals surface area contributed by atoms with Crippen LogP contribution in [0.1, 0.15) is 28.8 Å². The number of rotatable bonds is 4. The van der Waals surface area contributed by atoms with Crippen LogP contribution in [-0.4, -0.2) is 56.2 Å². The molecule has 0 radical (unpaired) electrons. The van der Waals surface area contributed by atoms with Crippen LogP contribution in [0.5, 0.6) is 0 Å². The van der Waals surface area contributed by atoms with Crippen LogP contribution in [0, 0.1) is 0 Å². The first-order valence-corrected chi connectivity index (χ1v) is 7.88. The van der Waals surface area contributed by atoms with Crippen LogP contribution in [-0.2, 0) is 20.7 Å². The van der Waals surface area contributed by atoms with E-state index in [0.29, 0.717) is 31.6 Å². The zero-order chi connectivity index (χ0) is 16.4. The maximum atomic E-state index is 12.9. The number of anilines is 1. The van der Waals surface area contributed by atoms with E-state index in [1.54, 1.807) is 20.3 Å². The van der Waals surface area contributed by atoms with Crippen LogP contribution in [0.15, 0.2) is 18.2 Å². The van der Waals surface area contributed by atoms with Gasteiger partial charge in [0.15, 0.2) is 0 Å². The fraction of sp³-hybridized carbons (Fsp3) is 0.529. The third-order valence-corrected chi connectivity index (χ3v) is 4.58. The number of nitrogens with one attached hydrogen (secondary N) is 1. The minimum atomic E-state index is -0.00806. The summed E-state index contributed by atoms with van der Waals surface area (Å²) in [7, 11) is 3.31. The number of fused-ring (bicyclic) bond motifs is 1. The molecule has 2 amide bonds. The van der Waals surface area contributed by atoms with Crippen molar-refractivity contribution in [2.45, 2.75) is 31.4 Å². The summed E-state index contributed by atoms with van der Waals surface area (Å²) in [5, 5.41) is 2.84. The normalized spacial score (nSPS) is 23.6. The molecule has 6 heteroatoms. The number of nitrogens with zero attached hydrogens (tertiary/aromatic N) is 1. The Bertz CT molecular complexity index is 617. The van der Waals surface area contributed by atoms with Gasteiger partial charge in [-0.15, -0.1) is 0 Å². The average Bonchev–Trinajstić information content (AvgIpc) is 2.97. The summed E-state index contributed by atoms with van der Waals surface area (Å²) in [5.74, 6) is 0.0190. The van der Waals surface area contributed by atoms with Crippen molar-refractivity contribution < 1.29 is 19.1 Å². The Labute approximate surface area is 135 Å². The number of hydrogen-bond acceptors (Lipinski definition) is 4. The van der Waals surface area contributed by atoms with Crippen LogP contribution in [0.3, 0.4) is 0 Å². The molecule has 6 nitrogen and oxygen atoms in total. The van der Waals surface area contributed by atoms with Crippen molar-refractivity contribution in [2.24, 2.45) is 0 Å². The first kappa shape index (κ1) is 16.0. The zero-order valence-electron chi connectivity index (χ0n) is 13.5. The summed E-state index contributed by atoms with van der Waals surface area (Å²) >= 11 is 0. The Morgan fingerprint density at radius 3 is 2.91 bits per heavy atom. The summed E-state index contributed by atoms with van der Waals surface area (Å²) < 4.78 is 10.6. The maximum Gasteiger partial charge on any atom is 0.254 e. The van der Waals surface area contributed by atoms with Gasteiger partial charge < -0.3 is 19.7 Å². The van der Waals surface area contributed by atoms with E-state index in [-0.39, 0.29) is 24.0 Å². The Kier molecular flexibility index (Phi) is 4.63. The van der Waals surface area contributed by atoms with Crippen molar-refractivity contribution in [2.75, 3.05) is 32.7 Å². The number of methoxy groups -OCH3 is 2. The first-order valence-electron chi connectivity index (χ1n) is 7.88. The molecule has 0 saturated carbocycles. The number of carbonyl (C=O) groups excluding carboxylic acids is 2. The molecule has 2 aliphatic rings. The largest absolute Gasteiger partial charge is 0.383 e. The molecule has 2 atom stereocenters. The number of likely N-dealkylation sites (tertiary alicyclic amines) is 1. The highest BCUT2D eigenvalue weighted by Crippen LogP contribution is 2.27. The highest BCUT2D eigenvalue weighted by Gasteiger charge is 2.35. The molecule has 3 rings (SSSR count). The number of aryl methyl sites for hydroxylation is 1. The van der Waals surface area contributed by atoms with Crippen LogP contribution in [0.2, 0.25) is 0 Å². The lowest BCUT2D eigenvalue weighted by molar-refractivity contribution is -0.116. The summed E-state index contributed by atoms with van der Waals surface area (Å²) in [6, 6.07) is 5.51. The van der Waals surface area contributed by atoms with E-state index < -0.39 is 0 Å². The third kappa shape index (κ3) is 3.23. The number of amides is 2. The molecule has 1 aromatic rings. The van der Waals surface area contributed by atoms with Gasteiger partial charge in [-0.3, -0.25) is 9.59 Å². The summed E-state index contributed by atoms with van der Waals surface area (Å²) in [6.07, 6.45) is 1.98. The zero-order valence-corrected chi connectivity index (χ0v) is 13.5.